The van der Waals surface area contributed by atoms with E-state index in [9.17, 15) is 39.0 Å². The number of hydrogen-bond acceptors (Lipinski definition) is 8. The number of aliphatic hydroxyl groups is 2. The monoisotopic (exact) mass is 489 g/mol. The molecule has 0 fully saturated rings. The molecule has 0 saturated carbocycles. The fraction of sp³-hybridized carbons (Fsp3) is 0.684. The van der Waals surface area contributed by atoms with Gasteiger partial charge in [0.05, 0.1) is 19.1 Å². The van der Waals surface area contributed by atoms with E-state index in [4.69, 9.17) is 17.2 Å². The first-order valence-electron chi connectivity index (χ1n) is 10.7. The van der Waals surface area contributed by atoms with Gasteiger partial charge in [0.1, 0.15) is 18.1 Å². The fourth-order valence-electron chi connectivity index (χ4n) is 2.75. The first kappa shape index (κ1) is 30.5. The van der Waals surface area contributed by atoms with Crippen LogP contribution < -0.4 is 38.5 Å². The maximum absolute atomic E-state index is 12.1. The molecule has 0 aromatic heterocycles. The van der Waals surface area contributed by atoms with Crippen molar-refractivity contribution in [2.45, 2.75) is 69.7 Å². The molecule has 0 spiro atoms. The molecule has 12 N–H and O–H groups in total. The minimum absolute atomic E-state index is 0.135. The Morgan fingerprint density at radius 2 is 1.41 bits per heavy atom. The summed E-state index contributed by atoms with van der Waals surface area (Å²) in [6, 6.07) is -4.82. The average Bonchev–Trinajstić information content (AvgIpc) is 2.73. The average molecular weight is 490 g/mol. The number of nitrogens with one attached hydrogen (secondary N) is 4. The van der Waals surface area contributed by atoms with Crippen LogP contribution in [0.15, 0.2) is 0 Å². The Balaban J connectivity index is 4.21. The van der Waals surface area contributed by atoms with Crippen molar-refractivity contribution in [2.24, 2.45) is 17.2 Å². The molecule has 194 valence electrons. The molecule has 0 radical (unpaired) electrons. The minimum Gasteiger partial charge on any atom is -0.394 e. The van der Waals surface area contributed by atoms with Crippen LogP contribution in [0.5, 0.6) is 0 Å². The van der Waals surface area contributed by atoms with E-state index >= 15 is 0 Å². The third kappa shape index (κ3) is 13.2. The number of urea groups is 1. The van der Waals surface area contributed by atoms with Gasteiger partial charge in [0.25, 0.3) is 0 Å². The first-order valence-corrected chi connectivity index (χ1v) is 10.7. The van der Waals surface area contributed by atoms with Crippen LogP contribution in [-0.4, -0.2) is 83.2 Å². The van der Waals surface area contributed by atoms with Crippen LogP contribution in [0.2, 0.25) is 0 Å². The molecule has 15 heteroatoms. The molecular formula is C19H35N7O8. The van der Waals surface area contributed by atoms with Crippen molar-refractivity contribution in [3.63, 3.8) is 0 Å². The van der Waals surface area contributed by atoms with Crippen LogP contribution in [0.1, 0.15) is 45.4 Å². The van der Waals surface area contributed by atoms with Gasteiger partial charge in [-0.2, -0.15) is 0 Å². The maximum Gasteiger partial charge on any atom is 0.316 e. The van der Waals surface area contributed by atoms with E-state index in [2.05, 4.69) is 21.3 Å². The SMILES string of the molecule is CC(O)[C@@H](NC(=O)CCCCCCNC(=O)[C@@H](CO)NC(=O)N[C@@H](CC(N)=O)C(N)=O)C(N)=O. The Kier molecular flexibility index (Phi) is 14.6. The Hall–Kier alpha value is -3.46. The van der Waals surface area contributed by atoms with Crippen LogP contribution in [0.3, 0.4) is 0 Å². The first-order chi connectivity index (χ1) is 15.9. The summed E-state index contributed by atoms with van der Waals surface area (Å²) < 4.78 is 0. The number of primary amides is 3. The smallest absolute Gasteiger partial charge is 0.316 e. The molecule has 0 heterocycles. The Labute approximate surface area is 196 Å². The molecule has 7 amide bonds. The summed E-state index contributed by atoms with van der Waals surface area (Å²) in [6.07, 6.45) is 0.888. The van der Waals surface area contributed by atoms with Crippen LogP contribution in [0.25, 0.3) is 0 Å². The summed E-state index contributed by atoms with van der Waals surface area (Å²) >= 11 is 0. The number of carbonyl (C=O) groups is 6. The number of amides is 7. The van der Waals surface area contributed by atoms with Crippen molar-refractivity contribution < 1.29 is 39.0 Å². The second-order valence-electron chi connectivity index (χ2n) is 7.62. The van der Waals surface area contributed by atoms with E-state index < -0.39 is 72.8 Å². The van der Waals surface area contributed by atoms with Gasteiger partial charge < -0.3 is 48.7 Å². The highest BCUT2D eigenvalue weighted by molar-refractivity contribution is 5.92. The molecule has 0 rings (SSSR count). The van der Waals surface area contributed by atoms with Crippen molar-refractivity contribution in [3.8, 4) is 0 Å². The van der Waals surface area contributed by atoms with Gasteiger partial charge in [-0.25, -0.2) is 4.79 Å². The van der Waals surface area contributed by atoms with E-state index in [-0.39, 0.29) is 13.0 Å². The molecule has 0 aliphatic carbocycles. The highest BCUT2D eigenvalue weighted by Crippen LogP contribution is 2.03. The molecular weight excluding hydrogens is 454 g/mol. The highest BCUT2D eigenvalue weighted by Gasteiger charge is 2.25. The lowest BCUT2D eigenvalue weighted by molar-refractivity contribution is -0.129. The quantitative estimate of drug-likeness (QED) is 0.0901. The van der Waals surface area contributed by atoms with Gasteiger partial charge >= 0.3 is 6.03 Å². The van der Waals surface area contributed by atoms with Crippen LogP contribution in [-0.2, 0) is 24.0 Å². The molecule has 34 heavy (non-hydrogen) atoms. The summed E-state index contributed by atoms with van der Waals surface area (Å²) in [4.78, 5) is 69.1. The number of rotatable bonds is 17. The Morgan fingerprint density at radius 1 is 0.824 bits per heavy atom. The molecule has 0 aromatic carbocycles. The molecule has 4 atom stereocenters. The van der Waals surface area contributed by atoms with Crippen LogP contribution in [0.4, 0.5) is 4.79 Å². The van der Waals surface area contributed by atoms with Crippen molar-refractivity contribution in [2.75, 3.05) is 13.2 Å². The van der Waals surface area contributed by atoms with Gasteiger partial charge in [-0.05, 0) is 19.8 Å². The predicted molar refractivity (Wildman–Crippen MR) is 118 cm³/mol. The van der Waals surface area contributed by atoms with Gasteiger partial charge in [-0.15, -0.1) is 0 Å². The third-order valence-electron chi connectivity index (χ3n) is 4.59. The fourth-order valence-corrected chi connectivity index (χ4v) is 2.75. The summed E-state index contributed by atoms with van der Waals surface area (Å²) in [5, 5.41) is 27.9. The number of carbonyl (C=O) groups excluding carboxylic acids is 6. The van der Waals surface area contributed by atoms with Crippen molar-refractivity contribution in [1.82, 2.24) is 21.3 Å². The second kappa shape index (κ2) is 16.2. The largest absolute Gasteiger partial charge is 0.394 e. The predicted octanol–water partition coefficient (Wildman–Crippen LogP) is -4.21. The number of nitrogens with two attached hydrogens (primary N) is 3. The molecule has 1 unspecified atom stereocenters. The second-order valence-corrected chi connectivity index (χ2v) is 7.62. The van der Waals surface area contributed by atoms with Crippen molar-refractivity contribution >= 4 is 35.6 Å². The maximum atomic E-state index is 12.1. The lowest BCUT2D eigenvalue weighted by Crippen LogP contribution is -2.56. The van der Waals surface area contributed by atoms with E-state index in [0.717, 1.165) is 0 Å². The van der Waals surface area contributed by atoms with Crippen LogP contribution in [0, 0.1) is 0 Å². The van der Waals surface area contributed by atoms with E-state index in [1.54, 1.807) is 0 Å². The molecule has 0 aromatic rings. The zero-order valence-electron chi connectivity index (χ0n) is 19.0. The molecule has 0 aliphatic rings. The standard InChI is InChI=1S/C19H35N7O8/c1-10(28)15(17(22)32)26-14(30)6-4-2-3-5-7-23-18(33)12(9-27)25-19(34)24-11(16(21)31)8-13(20)29/h10-12,15,27-28H,2-9H2,1H3,(H2,20,29)(H2,21,31)(H2,22,32)(H,23,33)(H,26,30)(H2,24,25,34)/t10?,11-,12+,15+/m0/s1. The van der Waals surface area contributed by atoms with Gasteiger partial charge in [-0.3, -0.25) is 24.0 Å². The van der Waals surface area contributed by atoms with E-state index in [1.165, 1.54) is 6.92 Å². The lowest BCUT2D eigenvalue weighted by atomic mass is 10.1. The Bertz CT molecular complexity index is 731. The zero-order chi connectivity index (χ0) is 26.3. The third-order valence-corrected chi connectivity index (χ3v) is 4.59. The normalized spacial score (nSPS) is 14.1. The topological polar surface area (TPSA) is 269 Å². The molecule has 0 bridgehead atoms. The van der Waals surface area contributed by atoms with E-state index in [0.29, 0.717) is 25.7 Å². The molecule has 0 aliphatic heterocycles. The highest BCUT2D eigenvalue weighted by atomic mass is 16.3. The molecule has 0 saturated heterocycles. The van der Waals surface area contributed by atoms with Gasteiger partial charge in [0, 0.05) is 13.0 Å². The van der Waals surface area contributed by atoms with Crippen molar-refractivity contribution in [3.05, 3.63) is 0 Å². The summed E-state index contributed by atoms with van der Waals surface area (Å²) in [5.41, 5.74) is 15.1. The number of hydrogen-bond donors (Lipinski definition) is 9. The zero-order valence-corrected chi connectivity index (χ0v) is 19.0. The van der Waals surface area contributed by atoms with Crippen LogP contribution >= 0.6 is 0 Å². The van der Waals surface area contributed by atoms with Crippen molar-refractivity contribution in [1.29, 1.82) is 0 Å². The van der Waals surface area contributed by atoms with E-state index in [1.807, 2.05) is 0 Å². The van der Waals surface area contributed by atoms with Gasteiger partial charge in [-0.1, -0.05) is 12.8 Å². The summed E-state index contributed by atoms with van der Waals surface area (Å²) in [7, 11) is 0. The lowest BCUT2D eigenvalue weighted by Gasteiger charge is -2.19. The number of aliphatic hydroxyl groups excluding tert-OH is 2. The van der Waals surface area contributed by atoms with Gasteiger partial charge in [0.2, 0.25) is 29.5 Å². The summed E-state index contributed by atoms with van der Waals surface area (Å²) in [5.74, 6) is -3.77. The molecule has 15 nitrogen and oxygen atoms in total. The van der Waals surface area contributed by atoms with Gasteiger partial charge in [0.15, 0.2) is 0 Å². The Morgan fingerprint density at radius 3 is 1.91 bits per heavy atom. The summed E-state index contributed by atoms with van der Waals surface area (Å²) in [6.45, 7) is 0.863. The minimum atomic E-state index is -1.37. The number of unbranched alkanes of at least 4 members (excludes halogenated alkanes) is 3.